The number of rotatable bonds is 18. The van der Waals surface area contributed by atoms with Crippen LogP contribution in [-0.4, -0.2) is 51.9 Å². The lowest BCUT2D eigenvalue weighted by atomic mass is 10.1. The maximum atomic E-state index is 13.4. The van der Waals surface area contributed by atoms with Crippen LogP contribution in [0.1, 0.15) is 95.9 Å². The molecule has 0 fully saturated rings. The molecule has 0 saturated carbocycles. The van der Waals surface area contributed by atoms with Crippen molar-refractivity contribution >= 4 is 29.5 Å². The maximum Gasteiger partial charge on any atom is 0.326 e. The zero-order valence-electron chi connectivity index (χ0n) is 30.2. The van der Waals surface area contributed by atoms with E-state index in [1.54, 1.807) is 19.2 Å². The van der Waals surface area contributed by atoms with Gasteiger partial charge in [-0.1, -0.05) is 46.6 Å². The normalized spacial score (nSPS) is 12.6. The van der Waals surface area contributed by atoms with Crippen molar-refractivity contribution in [2.45, 2.75) is 110 Å². The summed E-state index contributed by atoms with van der Waals surface area (Å²) in [4.78, 5) is 51.9. The van der Waals surface area contributed by atoms with Gasteiger partial charge in [0.15, 0.2) is 0 Å². The van der Waals surface area contributed by atoms with Crippen molar-refractivity contribution < 1.29 is 41.8 Å². The van der Waals surface area contributed by atoms with E-state index in [0.717, 1.165) is 48.7 Å². The Morgan fingerprint density at radius 2 is 1.17 bits per heavy atom. The van der Waals surface area contributed by atoms with E-state index in [2.05, 4.69) is 47.0 Å². The first-order valence-corrected chi connectivity index (χ1v) is 17.4. The number of amides is 3. The maximum absolute atomic E-state index is 13.4. The molecule has 1 heterocycles. The molecular formula is C38H49F4N5O5. The summed E-state index contributed by atoms with van der Waals surface area (Å²) in [5.41, 5.74) is 1.38. The van der Waals surface area contributed by atoms with Gasteiger partial charge in [-0.05, 0) is 79.6 Å². The lowest BCUT2D eigenvalue weighted by molar-refractivity contribution is -0.142. The van der Waals surface area contributed by atoms with E-state index < -0.39 is 53.1 Å². The molecule has 3 atom stereocenters. The molecule has 14 heteroatoms. The fourth-order valence-electron chi connectivity index (χ4n) is 5.31. The minimum atomic E-state index is -1.12. The van der Waals surface area contributed by atoms with E-state index in [1.165, 1.54) is 0 Å². The molecule has 3 unspecified atom stereocenters. The summed E-state index contributed by atoms with van der Waals surface area (Å²) >= 11 is 0. The van der Waals surface area contributed by atoms with Crippen molar-refractivity contribution in [1.82, 2.24) is 20.9 Å². The summed E-state index contributed by atoms with van der Waals surface area (Å²) in [6, 6.07) is 8.18. The molecule has 10 nitrogen and oxygen atoms in total. The fraction of sp³-hybridized carbons (Fsp3) is 0.447. The minimum Gasteiger partial charge on any atom is -0.480 e. The topological polar surface area (TPSA) is 150 Å². The van der Waals surface area contributed by atoms with Crippen LogP contribution < -0.4 is 21.3 Å². The fourth-order valence-corrected chi connectivity index (χ4v) is 5.31. The summed E-state index contributed by atoms with van der Waals surface area (Å²) in [6.07, 6.45) is 5.31. The summed E-state index contributed by atoms with van der Waals surface area (Å²) in [6.45, 7) is 10.1. The first kappa shape index (κ1) is 43.3. The highest BCUT2D eigenvalue weighted by Gasteiger charge is 2.22. The Kier molecular flexibility index (Phi) is 18.5. The number of aliphatic carboxylic acids is 1. The molecule has 0 bridgehead atoms. The van der Waals surface area contributed by atoms with E-state index in [9.17, 15) is 36.7 Å². The SMILES string of the molecule is CCCC(NC(=O)Cc1cc(F)cc(F)c1)C(=O)Nc1ccc(C(C)NC(CC)CC)cn1.CCCC(NC(=O)Cc1cc(F)cc(F)c1)C(=O)O. The first-order chi connectivity index (χ1) is 24.7. The van der Waals surface area contributed by atoms with Crippen LogP contribution >= 0.6 is 0 Å². The number of carbonyl (C=O) groups excluding carboxylic acids is 3. The molecule has 3 aromatic rings. The van der Waals surface area contributed by atoms with Gasteiger partial charge in [0.1, 0.15) is 41.2 Å². The molecule has 3 amide bonds. The molecule has 284 valence electrons. The van der Waals surface area contributed by atoms with E-state index in [1.807, 2.05) is 13.0 Å². The van der Waals surface area contributed by atoms with Crippen LogP contribution in [0.15, 0.2) is 54.7 Å². The van der Waals surface area contributed by atoms with E-state index in [0.29, 0.717) is 43.6 Å². The second kappa shape index (κ2) is 22.2. The highest BCUT2D eigenvalue weighted by Crippen LogP contribution is 2.16. The van der Waals surface area contributed by atoms with Gasteiger partial charge in [-0.2, -0.15) is 0 Å². The Bertz CT molecular complexity index is 1580. The summed E-state index contributed by atoms with van der Waals surface area (Å²) in [5, 5.41) is 20.1. The monoisotopic (exact) mass is 731 g/mol. The Balaban J connectivity index is 0.000000418. The average Bonchev–Trinajstić information content (AvgIpc) is 3.06. The molecule has 0 saturated heterocycles. The number of nitrogens with one attached hydrogen (secondary N) is 4. The molecule has 1 aromatic heterocycles. The number of hydrogen-bond acceptors (Lipinski definition) is 6. The molecule has 0 aliphatic carbocycles. The first-order valence-electron chi connectivity index (χ1n) is 17.4. The number of pyridine rings is 1. The van der Waals surface area contributed by atoms with Crippen molar-refractivity contribution in [1.29, 1.82) is 0 Å². The number of carboxylic acid groups (broad SMARTS) is 1. The largest absolute Gasteiger partial charge is 0.480 e. The zero-order chi connectivity index (χ0) is 38.8. The Morgan fingerprint density at radius 1 is 0.712 bits per heavy atom. The van der Waals surface area contributed by atoms with Gasteiger partial charge in [0, 0.05) is 30.4 Å². The lowest BCUT2D eigenvalue weighted by Gasteiger charge is -2.21. The Hall–Kier alpha value is -4.85. The number of anilines is 1. The predicted octanol–water partition coefficient (Wildman–Crippen LogP) is 6.54. The third-order valence-electron chi connectivity index (χ3n) is 8.02. The van der Waals surface area contributed by atoms with Gasteiger partial charge < -0.3 is 26.4 Å². The van der Waals surface area contributed by atoms with Gasteiger partial charge in [-0.25, -0.2) is 27.3 Å². The lowest BCUT2D eigenvalue weighted by Crippen LogP contribution is -2.44. The van der Waals surface area contributed by atoms with Gasteiger partial charge in [-0.15, -0.1) is 0 Å². The summed E-state index contributed by atoms with van der Waals surface area (Å²) < 4.78 is 52.6. The number of carboxylic acids is 1. The highest BCUT2D eigenvalue weighted by molar-refractivity contribution is 5.96. The number of benzene rings is 2. The number of nitrogens with zero attached hydrogens (tertiary/aromatic N) is 1. The van der Waals surface area contributed by atoms with E-state index in [-0.39, 0.29) is 35.9 Å². The molecule has 0 aliphatic heterocycles. The summed E-state index contributed by atoms with van der Waals surface area (Å²) in [7, 11) is 0. The van der Waals surface area contributed by atoms with Crippen molar-refractivity contribution in [3.8, 4) is 0 Å². The van der Waals surface area contributed by atoms with Gasteiger partial charge in [-0.3, -0.25) is 14.4 Å². The molecule has 3 rings (SSSR count). The van der Waals surface area contributed by atoms with Crippen LogP contribution in [0.3, 0.4) is 0 Å². The van der Waals surface area contributed by atoms with Gasteiger partial charge >= 0.3 is 5.97 Å². The average molecular weight is 732 g/mol. The molecular weight excluding hydrogens is 682 g/mol. The standard InChI is InChI=1S/C25H34F2N4O2.C13H15F2NO3/c1-5-8-22(30-24(32)13-17-11-19(26)14-20(27)12-17)25(33)31-23-10-9-18(15-28-23)16(4)29-21(6-2)7-3;1-2-3-11(13(18)19)16-12(17)6-8-4-9(14)7-10(15)5-8/h9-12,14-16,21-22,29H,5-8,13H2,1-4H3,(H,30,32)(H,28,31,33);4-5,7,11H,2-3,6H2,1H3,(H,16,17)(H,18,19). The van der Waals surface area contributed by atoms with Gasteiger partial charge in [0.05, 0.1) is 12.8 Å². The zero-order valence-corrected chi connectivity index (χ0v) is 30.2. The molecule has 0 spiro atoms. The number of halogens is 4. The third kappa shape index (κ3) is 15.6. The van der Waals surface area contributed by atoms with Crippen molar-refractivity contribution in [2.24, 2.45) is 0 Å². The van der Waals surface area contributed by atoms with E-state index >= 15 is 0 Å². The molecule has 0 radical (unpaired) electrons. The highest BCUT2D eigenvalue weighted by atomic mass is 19.1. The summed E-state index contributed by atoms with van der Waals surface area (Å²) in [5.74, 6) is -5.23. The smallest absolute Gasteiger partial charge is 0.326 e. The minimum absolute atomic E-state index is 0.131. The molecule has 2 aromatic carbocycles. The van der Waals surface area contributed by atoms with Crippen LogP contribution in [-0.2, 0) is 32.0 Å². The van der Waals surface area contributed by atoms with Crippen LogP contribution in [0.4, 0.5) is 23.4 Å². The molecule has 52 heavy (non-hydrogen) atoms. The Labute approximate surface area is 302 Å². The molecule has 0 aliphatic rings. The van der Waals surface area contributed by atoms with Gasteiger partial charge in [0.2, 0.25) is 17.7 Å². The van der Waals surface area contributed by atoms with Crippen LogP contribution in [0.5, 0.6) is 0 Å². The van der Waals surface area contributed by atoms with Crippen LogP contribution in [0.2, 0.25) is 0 Å². The van der Waals surface area contributed by atoms with Crippen molar-refractivity contribution in [3.05, 3.63) is 94.7 Å². The second-order valence-electron chi connectivity index (χ2n) is 12.4. The van der Waals surface area contributed by atoms with Crippen LogP contribution in [0, 0.1) is 23.3 Å². The third-order valence-corrected chi connectivity index (χ3v) is 8.02. The van der Waals surface area contributed by atoms with Crippen molar-refractivity contribution in [3.63, 3.8) is 0 Å². The number of carbonyl (C=O) groups is 4. The number of hydrogen-bond donors (Lipinski definition) is 5. The molecule has 5 N–H and O–H groups in total. The van der Waals surface area contributed by atoms with Crippen LogP contribution in [0.25, 0.3) is 0 Å². The quantitative estimate of drug-likeness (QED) is 0.0933. The second-order valence-corrected chi connectivity index (χ2v) is 12.4. The van der Waals surface area contributed by atoms with Crippen molar-refractivity contribution in [2.75, 3.05) is 5.32 Å². The van der Waals surface area contributed by atoms with Gasteiger partial charge in [0.25, 0.3) is 0 Å². The number of aromatic nitrogens is 1. The predicted molar refractivity (Wildman–Crippen MR) is 190 cm³/mol. The Morgan fingerprint density at radius 3 is 1.58 bits per heavy atom. The van der Waals surface area contributed by atoms with E-state index in [4.69, 9.17) is 5.11 Å².